The lowest BCUT2D eigenvalue weighted by atomic mass is 10.1. The molecule has 1 fully saturated rings. The Morgan fingerprint density at radius 3 is 2.52 bits per heavy atom. The van der Waals surface area contributed by atoms with Crippen molar-refractivity contribution in [3.63, 3.8) is 0 Å². The molecular formula is C19H34O2. The molecule has 0 N–H and O–H groups in total. The normalized spacial score (nSPS) is 19.8. The van der Waals surface area contributed by atoms with Crippen LogP contribution in [0.2, 0.25) is 0 Å². The van der Waals surface area contributed by atoms with Gasteiger partial charge in [-0.25, -0.2) is 0 Å². The molecule has 0 aromatic carbocycles. The van der Waals surface area contributed by atoms with Gasteiger partial charge in [-0.15, -0.1) is 0 Å². The Labute approximate surface area is 131 Å². The molecule has 0 amide bonds. The van der Waals surface area contributed by atoms with Gasteiger partial charge in [-0.2, -0.15) is 0 Å². The van der Waals surface area contributed by atoms with Gasteiger partial charge in [0.2, 0.25) is 0 Å². The number of ether oxygens (including phenoxy) is 2. The molecular weight excluding hydrogens is 260 g/mol. The average Bonchev–Trinajstić information content (AvgIpc) is 2.53. The number of unbranched alkanes of at least 4 members (excludes halogenated alkanes) is 6. The first-order chi connectivity index (χ1) is 10.4. The van der Waals surface area contributed by atoms with Crippen molar-refractivity contribution in [1.29, 1.82) is 0 Å². The van der Waals surface area contributed by atoms with Crippen LogP contribution in [0.1, 0.15) is 77.6 Å². The topological polar surface area (TPSA) is 18.5 Å². The van der Waals surface area contributed by atoms with Crippen molar-refractivity contribution in [2.24, 2.45) is 0 Å². The van der Waals surface area contributed by atoms with Gasteiger partial charge in [0.25, 0.3) is 0 Å². The second kappa shape index (κ2) is 14.3. The van der Waals surface area contributed by atoms with Crippen LogP contribution in [0.15, 0.2) is 24.3 Å². The molecule has 122 valence electrons. The summed E-state index contributed by atoms with van der Waals surface area (Å²) in [4.78, 5) is 0. The fourth-order valence-corrected chi connectivity index (χ4v) is 2.56. The van der Waals surface area contributed by atoms with E-state index in [9.17, 15) is 0 Å². The fourth-order valence-electron chi connectivity index (χ4n) is 2.56. The van der Waals surface area contributed by atoms with Crippen molar-refractivity contribution in [2.45, 2.75) is 83.8 Å². The maximum atomic E-state index is 5.74. The zero-order valence-electron chi connectivity index (χ0n) is 13.9. The minimum atomic E-state index is 0.0908. The predicted octanol–water partition coefficient (Wildman–Crippen LogP) is 5.78. The number of allylic oxidation sites excluding steroid dienone is 4. The van der Waals surface area contributed by atoms with Gasteiger partial charge in [0.15, 0.2) is 6.29 Å². The largest absolute Gasteiger partial charge is 0.353 e. The van der Waals surface area contributed by atoms with Crippen molar-refractivity contribution < 1.29 is 9.47 Å². The SMILES string of the molecule is C/C=C/C/C=C\CCCCCCCCOC1CCCCO1. The highest BCUT2D eigenvalue weighted by Crippen LogP contribution is 2.14. The third-order valence-corrected chi connectivity index (χ3v) is 3.88. The molecule has 0 aromatic rings. The Balaban J connectivity index is 1.75. The summed E-state index contributed by atoms with van der Waals surface area (Å²) in [5.74, 6) is 0. The first-order valence-electron chi connectivity index (χ1n) is 8.93. The van der Waals surface area contributed by atoms with Crippen LogP contribution >= 0.6 is 0 Å². The van der Waals surface area contributed by atoms with Crippen molar-refractivity contribution in [3.05, 3.63) is 24.3 Å². The lowest BCUT2D eigenvalue weighted by molar-refractivity contribution is -0.162. The van der Waals surface area contributed by atoms with Crippen molar-refractivity contribution >= 4 is 0 Å². The molecule has 1 rings (SSSR count). The lowest BCUT2D eigenvalue weighted by Crippen LogP contribution is -2.22. The zero-order valence-corrected chi connectivity index (χ0v) is 13.9. The van der Waals surface area contributed by atoms with Crippen LogP contribution in [0.3, 0.4) is 0 Å². The van der Waals surface area contributed by atoms with E-state index in [4.69, 9.17) is 9.47 Å². The van der Waals surface area contributed by atoms with Gasteiger partial charge < -0.3 is 9.47 Å². The van der Waals surface area contributed by atoms with Crippen LogP contribution in [0.5, 0.6) is 0 Å². The van der Waals surface area contributed by atoms with E-state index in [-0.39, 0.29) is 6.29 Å². The van der Waals surface area contributed by atoms with Crippen molar-refractivity contribution in [3.8, 4) is 0 Å². The molecule has 2 nitrogen and oxygen atoms in total. The highest BCUT2D eigenvalue weighted by Gasteiger charge is 2.13. The highest BCUT2D eigenvalue weighted by atomic mass is 16.7. The highest BCUT2D eigenvalue weighted by molar-refractivity contribution is 4.91. The summed E-state index contributed by atoms with van der Waals surface area (Å²) in [6.07, 6.45) is 22.7. The summed E-state index contributed by atoms with van der Waals surface area (Å²) in [6, 6.07) is 0. The van der Waals surface area contributed by atoms with Gasteiger partial charge in [0.1, 0.15) is 0 Å². The quantitative estimate of drug-likeness (QED) is 0.335. The number of hydrogen-bond acceptors (Lipinski definition) is 2. The Hall–Kier alpha value is -0.600. The third kappa shape index (κ3) is 11.7. The first-order valence-corrected chi connectivity index (χ1v) is 8.93. The molecule has 1 unspecified atom stereocenters. The van der Waals surface area contributed by atoms with E-state index in [1.54, 1.807) is 0 Å². The van der Waals surface area contributed by atoms with E-state index in [0.717, 1.165) is 26.1 Å². The summed E-state index contributed by atoms with van der Waals surface area (Å²) >= 11 is 0. The Morgan fingerprint density at radius 2 is 1.76 bits per heavy atom. The van der Waals surface area contributed by atoms with Crippen LogP contribution < -0.4 is 0 Å². The fraction of sp³-hybridized carbons (Fsp3) is 0.789. The minimum absolute atomic E-state index is 0.0908. The van der Waals surface area contributed by atoms with Crippen molar-refractivity contribution in [1.82, 2.24) is 0 Å². The van der Waals surface area contributed by atoms with E-state index in [1.165, 1.54) is 57.8 Å². The second-order valence-corrected chi connectivity index (χ2v) is 5.85. The molecule has 1 saturated heterocycles. The molecule has 1 aliphatic rings. The Bertz CT molecular complexity index is 265. The standard InChI is InChI=1S/C19H34O2/c1-2-3-4-5-6-7-8-9-10-11-12-14-17-20-19-16-13-15-18-21-19/h2-3,5-6,19H,4,7-18H2,1H3/b3-2+,6-5-. The van der Waals surface area contributed by atoms with Gasteiger partial charge in [-0.3, -0.25) is 0 Å². The molecule has 21 heavy (non-hydrogen) atoms. The zero-order chi connectivity index (χ0) is 15.0. The van der Waals surface area contributed by atoms with E-state index >= 15 is 0 Å². The maximum Gasteiger partial charge on any atom is 0.157 e. The Kier molecular flexibility index (Phi) is 12.6. The van der Waals surface area contributed by atoms with Crippen LogP contribution in [-0.2, 0) is 9.47 Å². The second-order valence-electron chi connectivity index (χ2n) is 5.85. The molecule has 1 heterocycles. The molecule has 0 aromatic heterocycles. The summed E-state index contributed by atoms with van der Waals surface area (Å²) < 4.78 is 11.3. The molecule has 1 atom stereocenters. The monoisotopic (exact) mass is 294 g/mol. The first kappa shape index (κ1) is 18.4. The summed E-state index contributed by atoms with van der Waals surface area (Å²) in [6.45, 7) is 3.83. The van der Waals surface area contributed by atoms with Gasteiger partial charge in [-0.05, 0) is 51.9 Å². The van der Waals surface area contributed by atoms with Crippen LogP contribution in [0.4, 0.5) is 0 Å². The van der Waals surface area contributed by atoms with E-state index in [0.29, 0.717) is 0 Å². The van der Waals surface area contributed by atoms with E-state index < -0.39 is 0 Å². The van der Waals surface area contributed by atoms with Crippen LogP contribution in [0.25, 0.3) is 0 Å². The smallest absolute Gasteiger partial charge is 0.157 e. The van der Waals surface area contributed by atoms with Gasteiger partial charge in [0, 0.05) is 13.2 Å². The lowest BCUT2D eigenvalue weighted by Gasteiger charge is -2.22. The van der Waals surface area contributed by atoms with Gasteiger partial charge >= 0.3 is 0 Å². The molecule has 2 heteroatoms. The minimum Gasteiger partial charge on any atom is -0.353 e. The molecule has 1 aliphatic heterocycles. The van der Waals surface area contributed by atoms with Crippen LogP contribution in [-0.4, -0.2) is 19.5 Å². The van der Waals surface area contributed by atoms with Gasteiger partial charge in [0.05, 0.1) is 0 Å². The third-order valence-electron chi connectivity index (χ3n) is 3.88. The molecule has 0 radical (unpaired) electrons. The number of rotatable bonds is 12. The van der Waals surface area contributed by atoms with Gasteiger partial charge in [-0.1, -0.05) is 50.0 Å². The van der Waals surface area contributed by atoms with Crippen molar-refractivity contribution in [2.75, 3.05) is 13.2 Å². The predicted molar refractivity (Wildman–Crippen MR) is 90.4 cm³/mol. The number of hydrogen-bond donors (Lipinski definition) is 0. The molecule has 0 bridgehead atoms. The Morgan fingerprint density at radius 1 is 0.952 bits per heavy atom. The van der Waals surface area contributed by atoms with E-state index in [2.05, 4.69) is 31.2 Å². The van der Waals surface area contributed by atoms with E-state index in [1.807, 2.05) is 0 Å². The molecule has 0 spiro atoms. The summed E-state index contributed by atoms with van der Waals surface area (Å²) in [7, 11) is 0. The summed E-state index contributed by atoms with van der Waals surface area (Å²) in [5.41, 5.74) is 0. The molecule has 0 aliphatic carbocycles. The molecule has 0 saturated carbocycles. The average molecular weight is 294 g/mol. The van der Waals surface area contributed by atoms with Crippen LogP contribution in [0, 0.1) is 0 Å². The summed E-state index contributed by atoms with van der Waals surface area (Å²) in [5, 5.41) is 0. The maximum absolute atomic E-state index is 5.74.